The minimum atomic E-state index is -4.82. The van der Waals surface area contributed by atoms with Crippen molar-refractivity contribution in [2.24, 2.45) is 5.92 Å². The Hall–Kier alpha value is -4.88. The van der Waals surface area contributed by atoms with Crippen LogP contribution in [0.4, 0.5) is 24.5 Å². The van der Waals surface area contributed by atoms with Crippen LogP contribution in [0.5, 0.6) is 5.75 Å². The first-order chi connectivity index (χ1) is 22.6. The number of carbonyl (C=O) groups is 3. The van der Waals surface area contributed by atoms with E-state index in [0.29, 0.717) is 31.8 Å². The monoisotopic (exact) mass is 675 g/mol. The zero-order valence-corrected chi connectivity index (χ0v) is 26.1. The van der Waals surface area contributed by atoms with Crippen molar-refractivity contribution in [3.8, 4) is 5.75 Å². The van der Waals surface area contributed by atoms with Crippen LogP contribution in [0.2, 0.25) is 0 Å². The minimum absolute atomic E-state index is 0.303. The molecule has 238 valence electrons. The summed E-state index contributed by atoms with van der Waals surface area (Å²) in [5.41, 5.74) is -0.623. The molecule has 2 unspecified atom stereocenters. The summed E-state index contributed by atoms with van der Waals surface area (Å²) in [6.07, 6.45) is -4.82. The fourth-order valence-corrected chi connectivity index (χ4v) is 9.09. The fraction of sp³-hybridized carbons (Fsp3) is 0.176. The number of nitrogens with zero attached hydrogens (tertiary/aromatic N) is 2. The van der Waals surface area contributed by atoms with Gasteiger partial charge in [-0.1, -0.05) is 89.8 Å². The quantitative estimate of drug-likeness (QED) is 0.206. The maximum absolute atomic E-state index is 14.1. The van der Waals surface area contributed by atoms with Crippen molar-refractivity contribution in [3.05, 3.63) is 117 Å². The van der Waals surface area contributed by atoms with Gasteiger partial charge in [-0.05, 0) is 29.7 Å². The lowest BCUT2D eigenvalue weighted by molar-refractivity contribution is -0.137. The van der Waals surface area contributed by atoms with Crippen molar-refractivity contribution in [2.75, 3.05) is 17.3 Å². The lowest BCUT2D eigenvalue weighted by Gasteiger charge is -2.31. The Bertz CT molecular complexity index is 2140. The number of benzene rings is 4. The number of alkyl halides is 3. The fourth-order valence-electron chi connectivity index (χ4n) is 6.33. The third-order valence-corrected chi connectivity index (χ3v) is 10.9. The first kappa shape index (κ1) is 30.8. The maximum Gasteiger partial charge on any atom is 0.418 e. The normalized spacial score (nSPS) is 19.1. The highest BCUT2D eigenvalue weighted by molar-refractivity contribution is 8.00. The molecule has 47 heavy (non-hydrogen) atoms. The second kappa shape index (κ2) is 11.7. The molecule has 3 atom stereocenters. The first-order valence-corrected chi connectivity index (χ1v) is 16.1. The molecule has 2 aliphatic rings. The molecular weight excluding hydrogens is 652 g/mol. The molecule has 1 aromatic heterocycles. The summed E-state index contributed by atoms with van der Waals surface area (Å²) in [5, 5.41) is 3.73. The van der Waals surface area contributed by atoms with Gasteiger partial charge in [0.05, 0.1) is 29.3 Å². The Kier molecular flexibility index (Phi) is 7.68. The summed E-state index contributed by atoms with van der Waals surface area (Å²) in [4.78, 5) is 55.6. The van der Waals surface area contributed by atoms with Crippen LogP contribution in [0.25, 0.3) is 10.8 Å². The number of carbonyl (C=O) groups excluding carboxylic acids is 3. The Balaban J connectivity index is 1.31. The lowest BCUT2D eigenvalue weighted by atomic mass is 9.82. The van der Waals surface area contributed by atoms with Gasteiger partial charge in [-0.25, -0.2) is 4.90 Å². The molecule has 0 radical (unpaired) electrons. The topological polar surface area (TPSA) is 97.7 Å². The van der Waals surface area contributed by atoms with Gasteiger partial charge in [-0.3, -0.25) is 23.7 Å². The third kappa shape index (κ3) is 5.19. The van der Waals surface area contributed by atoms with Gasteiger partial charge in [0, 0.05) is 27.4 Å². The Morgan fingerprint density at radius 3 is 2.38 bits per heavy atom. The average molecular weight is 676 g/mol. The molecule has 2 aliphatic heterocycles. The second-order valence-electron chi connectivity index (χ2n) is 11.0. The SMILES string of the molecule is COc1ccccc1[C@H]1c2sc(=O)n(CC(=O)Nc3cccc4ccccc34)c2SC2C(=O)N(c3ccccc3C(F)(F)F)C(=O)C21. The molecule has 5 aromatic rings. The van der Waals surface area contributed by atoms with Gasteiger partial charge in [0.1, 0.15) is 17.5 Å². The molecule has 1 saturated heterocycles. The van der Waals surface area contributed by atoms with Crippen molar-refractivity contribution in [3.63, 3.8) is 0 Å². The van der Waals surface area contributed by atoms with E-state index < -0.39 is 57.1 Å². The van der Waals surface area contributed by atoms with E-state index in [9.17, 15) is 32.3 Å². The van der Waals surface area contributed by atoms with Crippen molar-refractivity contribution in [1.82, 2.24) is 4.57 Å². The zero-order chi connectivity index (χ0) is 33.0. The number of thiazole rings is 1. The standard InChI is InChI=1S/C34H24F3N3O5S2/c1-45-24-16-7-4-12-20(24)26-27-28(31(43)40(30(27)42)23-15-6-5-13-21(23)34(35,36)37)46-32-29(26)47-33(44)39(32)17-25(41)38-22-14-8-10-18-9-2-3-11-19(18)22/h2-16,26-28H,17H2,1H3,(H,38,41)/t26-,27?,28?/m1/s1. The van der Waals surface area contributed by atoms with Crippen molar-refractivity contribution < 1.29 is 32.3 Å². The maximum atomic E-state index is 14.1. The molecule has 7 rings (SSSR count). The highest BCUT2D eigenvalue weighted by Gasteiger charge is 2.58. The van der Waals surface area contributed by atoms with E-state index in [1.54, 1.807) is 36.4 Å². The Morgan fingerprint density at radius 1 is 0.894 bits per heavy atom. The number of aromatic nitrogens is 1. The Morgan fingerprint density at radius 2 is 1.60 bits per heavy atom. The van der Waals surface area contributed by atoms with E-state index in [2.05, 4.69) is 5.32 Å². The van der Waals surface area contributed by atoms with Crippen LogP contribution in [0, 0.1) is 5.92 Å². The van der Waals surface area contributed by atoms with Crippen LogP contribution in [-0.2, 0) is 27.1 Å². The van der Waals surface area contributed by atoms with Gasteiger partial charge >= 0.3 is 11.0 Å². The summed E-state index contributed by atoms with van der Waals surface area (Å²) in [7, 11) is 1.44. The largest absolute Gasteiger partial charge is 0.496 e. The van der Waals surface area contributed by atoms with Crippen LogP contribution < -0.4 is 19.8 Å². The molecule has 1 fully saturated rings. The van der Waals surface area contributed by atoms with Crippen LogP contribution in [0.1, 0.15) is 21.9 Å². The molecule has 0 bridgehead atoms. The van der Waals surface area contributed by atoms with Crippen molar-refractivity contribution in [1.29, 1.82) is 0 Å². The van der Waals surface area contributed by atoms with Crippen LogP contribution >= 0.6 is 23.1 Å². The number of hydrogen-bond acceptors (Lipinski definition) is 7. The molecule has 0 aliphatic carbocycles. The van der Waals surface area contributed by atoms with Gasteiger partial charge in [0.2, 0.25) is 17.7 Å². The molecule has 0 saturated carbocycles. The number of anilines is 2. The van der Waals surface area contributed by atoms with E-state index in [1.807, 2.05) is 30.3 Å². The molecule has 13 heteroatoms. The van der Waals surface area contributed by atoms with E-state index >= 15 is 0 Å². The Labute approximate surface area is 273 Å². The first-order valence-electron chi connectivity index (χ1n) is 14.4. The summed E-state index contributed by atoms with van der Waals surface area (Å²) in [6.45, 7) is -0.389. The summed E-state index contributed by atoms with van der Waals surface area (Å²) < 4.78 is 49.0. The highest BCUT2D eigenvalue weighted by Crippen LogP contribution is 2.55. The molecule has 0 spiro atoms. The molecule has 4 aromatic carbocycles. The van der Waals surface area contributed by atoms with E-state index in [-0.39, 0.29) is 6.54 Å². The smallest absolute Gasteiger partial charge is 0.418 e. The second-order valence-corrected chi connectivity index (χ2v) is 13.1. The van der Waals surface area contributed by atoms with Gasteiger partial charge in [0.25, 0.3) is 0 Å². The minimum Gasteiger partial charge on any atom is -0.496 e. The highest BCUT2D eigenvalue weighted by atomic mass is 32.2. The number of para-hydroxylation sites is 2. The zero-order valence-electron chi connectivity index (χ0n) is 24.5. The summed E-state index contributed by atoms with van der Waals surface area (Å²) >= 11 is 1.76. The number of hydrogen-bond donors (Lipinski definition) is 1. The number of methoxy groups -OCH3 is 1. The van der Waals surface area contributed by atoms with Crippen LogP contribution in [0.3, 0.4) is 0 Å². The number of halogens is 3. The molecular formula is C34H24F3N3O5S2. The van der Waals surface area contributed by atoms with E-state index in [0.717, 1.165) is 46.0 Å². The number of fused-ring (bicyclic) bond motifs is 3. The summed E-state index contributed by atoms with van der Waals surface area (Å²) in [6, 6.07) is 24.2. The number of ether oxygens (including phenoxy) is 1. The van der Waals surface area contributed by atoms with Gasteiger partial charge < -0.3 is 10.1 Å². The summed E-state index contributed by atoms with van der Waals surface area (Å²) in [5.74, 6) is -3.81. The van der Waals surface area contributed by atoms with Crippen molar-refractivity contribution >= 4 is 63.0 Å². The van der Waals surface area contributed by atoms with Crippen molar-refractivity contribution in [2.45, 2.75) is 28.9 Å². The predicted octanol–water partition coefficient (Wildman–Crippen LogP) is 6.52. The van der Waals surface area contributed by atoms with Gasteiger partial charge in [-0.15, -0.1) is 0 Å². The number of imide groups is 1. The average Bonchev–Trinajstić information content (AvgIpc) is 3.50. The number of amides is 3. The van der Waals surface area contributed by atoms with E-state index in [1.165, 1.54) is 23.8 Å². The third-order valence-electron chi connectivity index (χ3n) is 8.34. The van der Waals surface area contributed by atoms with Crippen LogP contribution in [0.15, 0.2) is 101 Å². The number of rotatable bonds is 6. The van der Waals surface area contributed by atoms with Gasteiger partial charge in [0.15, 0.2) is 0 Å². The predicted molar refractivity (Wildman–Crippen MR) is 173 cm³/mol. The molecule has 3 heterocycles. The molecule has 1 N–H and O–H groups in total. The molecule has 3 amide bonds. The number of thioether (sulfide) groups is 1. The van der Waals surface area contributed by atoms with Gasteiger partial charge in [-0.2, -0.15) is 13.2 Å². The van der Waals surface area contributed by atoms with E-state index in [4.69, 9.17) is 4.74 Å². The van der Waals surface area contributed by atoms with Crippen LogP contribution in [-0.4, -0.2) is 34.6 Å². The molecule has 8 nitrogen and oxygen atoms in total. The lowest BCUT2D eigenvalue weighted by Crippen LogP contribution is -2.33. The number of nitrogens with one attached hydrogen (secondary N) is 1.